The normalized spacial score (nSPS) is 10.5. The van der Waals surface area contributed by atoms with Crippen LogP contribution in [0.1, 0.15) is 26.6 Å². The molecule has 0 unspecified atom stereocenters. The van der Waals surface area contributed by atoms with Crippen molar-refractivity contribution in [2.75, 3.05) is 5.73 Å². The summed E-state index contributed by atoms with van der Waals surface area (Å²) in [5.74, 6) is -0.839. The fourth-order valence-corrected chi connectivity index (χ4v) is 2.52. The molecular formula is C12H9N5O4S. The van der Waals surface area contributed by atoms with Crippen molar-refractivity contribution in [2.45, 2.75) is 6.92 Å². The van der Waals surface area contributed by atoms with E-state index in [0.29, 0.717) is 5.56 Å². The number of rotatable bonds is 4. The third-order valence-corrected chi connectivity index (χ3v) is 3.76. The monoisotopic (exact) mass is 319 g/mol. The second-order valence-corrected chi connectivity index (χ2v) is 5.09. The van der Waals surface area contributed by atoms with Crippen molar-refractivity contribution in [3.8, 4) is 6.07 Å². The molecule has 0 spiro atoms. The van der Waals surface area contributed by atoms with E-state index in [1.165, 1.54) is 12.1 Å². The topological polar surface area (TPSA) is 148 Å². The Balaban J connectivity index is 2.08. The Bertz CT molecular complexity index is 814. The van der Waals surface area contributed by atoms with E-state index >= 15 is 0 Å². The van der Waals surface area contributed by atoms with Gasteiger partial charge in [0.15, 0.2) is 5.76 Å². The summed E-state index contributed by atoms with van der Waals surface area (Å²) in [4.78, 5) is 22.0. The molecule has 1 amide bonds. The Labute approximate surface area is 127 Å². The lowest BCUT2D eigenvalue weighted by Gasteiger charge is -1.97. The lowest BCUT2D eigenvalue weighted by Crippen LogP contribution is -2.17. The number of nitriles is 1. The van der Waals surface area contributed by atoms with Crippen molar-refractivity contribution in [1.82, 2.24) is 5.43 Å². The van der Waals surface area contributed by atoms with Gasteiger partial charge in [0.2, 0.25) is 0 Å². The summed E-state index contributed by atoms with van der Waals surface area (Å²) in [7, 11) is 0. The molecule has 2 heterocycles. The predicted molar refractivity (Wildman–Crippen MR) is 78.6 cm³/mol. The molecule has 2 aromatic rings. The van der Waals surface area contributed by atoms with Crippen LogP contribution in [0.5, 0.6) is 0 Å². The SMILES string of the molecule is Cc1c(C(=O)NN=Cc2ccc([N+](=O)[O-])o2)sc(N)c1C#N. The van der Waals surface area contributed by atoms with Gasteiger partial charge in [-0.25, -0.2) is 5.43 Å². The number of thiophene rings is 1. The van der Waals surface area contributed by atoms with Crippen molar-refractivity contribution in [2.24, 2.45) is 5.10 Å². The summed E-state index contributed by atoms with van der Waals surface area (Å²) in [5, 5.41) is 23.3. The number of anilines is 1. The Morgan fingerprint density at radius 2 is 2.36 bits per heavy atom. The smallest absolute Gasteiger partial charge is 0.400 e. The van der Waals surface area contributed by atoms with E-state index in [4.69, 9.17) is 15.4 Å². The number of hydrogen-bond donors (Lipinski definition) is 2. The molecule has 0 saturated heterocycles. The molecule has 0 radical (unpaired) electrons. The second kappa shape index (κ2) is 6.06. The van der Waals surface area contributed by atoms with E-state index in [0.717, 1.165) is 17.6 Å². The van der Waals surface area contributed by atoms with Crippen LogP contribution in [0.4, 0.5) is 10.9 Å². The molecule has 0 aliphatic carbocycles. The molecule has 112 valence electrons. The number of nitrogens with zero attached hydrogens (tertiary/aromatic N) is 3. The molecule has 3 N–H and O–H groups in total. The Hall–Kier alpha value is -3.19. The molecule has 22 heavy (non-hydrogen) atoms. The van der Waals surface area contributed by atoms with Gasteiger partial charge in [0.25, 0.3) is 5.91 Å². The molecule has 0 aliphatic heterocycles. The van der Waals surface area contributed by atoms with Crippen molar-refractivity contribution in [1.29, 1.82) is 5.26 Å². The van der Waals surface area contributed by atoms with Gasteiger partial charge in [-0.2, -0.15) is 10.4 Å². The highest BCUT2D eigenvalue weighted by Gasteiger charge is 2.18. The standard InChI is InChI=1S/C12H9N5O4S/c1-6-8(4-13)11(14)22-10(6)12(18)16-15-5-7-2-3-9(21-7)17(19)20/h2-3,5H,14H2,1H3,(H,16,18). The molecule has 10 heteroatoms. The minimum atomic E-state index is -0.683. The fourth-order valence-electron chi connectivity index (χ4n) is 1.61. The molecular weight excluding hydrogens is 310 g/mol. The first-order valence-corrected chi connectivity index (χ1v) is 6.62. The van der Waals surface area contributed by atoms with Crippen LogP contribution in [0.25, 0.3) is 0 Å². The molecule has 0 atom stereocenters. The van der Waals surface area contributed by atoms with Crippen LogP contribution in [0.3, 0.4) is 0 Å². The number of hydrazone groups is 1. The van der Waals surface area contributed by atoms with Gasteiger partial charge >= 0.3 is 5.88 Å². The number of nitro groups is 1. The lowest BCUT2D eigenvalue weighted by atomic mass is 10.2. The summed E-state index contributed by atoms with van der Waals surface area (Å²) in [6.45, 7) is 1.61. The minimum Gasteiger partial charge on any atom is -0.400 e. The number of amides is 1. The van der Waals surface area contributed by atoms with Crippen LogP contribution in [0.15, 0.2) is 21.7 Å². The zero-order chi connectivity index (χ0) is 16.3. The number of carbonyl (C=O) groups is 1. The zero-order valence-electron chi connectivity index (χ0n) is 11.2. The molecule has 9 nitrogen and oxygen atoms in total. The van der Waals surface area contributed by atoms with Gasteiger partial charge in [-0.15, -0.1) is 11.3 Å². The van der Waals surface area contributed by atoms with E-state index in [1.54, 1.807) is 6.92 Å². The van der Waals surface area contributed by atoms with Crippen molar-refractivity contribution < 1.29 is 14.1 Å². The summed E-state index contributed by atoms with van der Waals surface area (Å²) >= 11 is 0.985. The summed E-state index contributed by atoms with van der Waals surface area (Å²) < 4.78 is 4.84. The van der Waals surface area contributed by atoms with Gasteiger partial charge < -0.3 is 10.2 Å². The van der Waals surface area contributed by atoms with E-state index in [2.05, 4.69) is 10.5 Å². The first-order chi connectivity index (χ1) is 10.4. The van der Waals surface area contributed by atoms with Crippen molar-refractivity contribution >= 4 is 34.3 Å². The molecule has 0 fully saturated rings. The number of furan rings is 1. The highest BCUT2D eigenvalue weighted by molar-refractivity contribution is 7.18. The van der Waals surface area contributed by atoms with Gasteiger partial charge in [0, 0.05) is 0 Å². The maximum absolute atomic E-state index is 11.9. The predicted octanol–water partition coefficient (Wildman–Crippen LogP) is 1.78. The maximum Gasteiger partial charge on any atom is 0.433 e. The van der Waals surface area contributed by atoms with Gasteiger partial charge in [0.1, 0.15) is 20.9 Å². The van der Waals surface area contributed by atoms with Crippen LogP contribution < -0.4 is 11.2 Å². The van der Waals surface area contributed by atoms with Gasteiger partial charge in [-0.05, 0) is 18.6 Å². The van der Waals surface area contributed by atoms with Gasteiger partial charge in [-0.3, -0.25) is 14.9 Å². The second-order valence-electron chi connectivity index (χ2n) is 4.04. The molecule has 0 aromatic carbocycles. The van der Waals surface area contributed by atoms with Crippen molar-refractivity contribution in [3.63, 3.8) is 0 Å². The summed E-state index contributed by atoms with van der Waals surface area (Å²) in [6.07, 6.45) is 1.13. The fraction of sp³-hybridized carbons (Fsp3) is 0.0833. The quantitative estimate of drug-likeness (QED) is 0.498. The van der Waals surface area contributed by atoms with E-state index < -0.39 is 16.7 Å². The molecule has 0 saturated carbocycles. The summed E-state index contributed by atoms with van der Waals surface area (Å²) in [6, 6.07) is 4.44. The Morgan fingerprint density at radius 3 is 2.91 bits per heavy atom. The van der Waals surface area contributed by atoms with Crippen LogP contribution in [-0.2, 0) is 0 Å². The van der Waals surface area contributed by atoms with Gasteiger partial charge in [-0.1, -0.05) is 0 Å². The van der Waals surface area contributed by atoms with E-state index in [9.17, 15) is 14.9 Å². The third-order valence-electron chi connectivity index (χ3n) is 2.64. The number of carbonyl (C=O) groups excluding carboxylic acids is 1. The molecule has 2 aromatic heterocycles. The van der Waals surface area contributed by atoms with E-state index in [-0.39, 0.29) is 21.2 Å². The van der Waals surface area contributed by atoms with Crippen LogP contribution in [0.2, 0.25) is 0 Å². The zero-order valence-corrected chi connectivity index (χ0v) is 12.0. The molecule has 0 aliphatic rings. The highest BCUT2D eigenvalue weighted by atomic mass is 32.1. The van der Waals surface area contributed by atoms with Crippen LogP contribution >= 0.6 is 11.3 Å². The number of nitrogens with one attached hydrogen (secondary N) is 1. The van der Waals surface area contributed by atoms with Crippen LogP contribution in [0, 0.1) is 28.4 Å². The first kappa shape index (κ1) is 15.2. The van der Waals surface area contributed by atoms with Crippen LogP contribution in [-0.4, -0.2) is 17.0 Å². The van der Waals surface area contributed by atoms with Crippen molar-refractivity contribution in [3.05, 3.63) is 44.0 Å². The molecule has 0 bridgehead atoms. The maximum atomic E-state index is 11.9. The number of nitrogens with two attached hydrogens (primary N) is 1. The average Bonchev–Trinajstić information content (AvgIpc) is 3.04. The first-order valence-electron chi connectivity index (χ1n) is 5.80. The largest absolute Gasteiger partial charge is 0.433 e. The number of hydrogen-bond acceptors (Lipinski definition) is 8. The third kappa shape index (κ3) is 2.94. The lowest BCUT2D eigenvalue weighted by molar-refractivity contribution is -0.402. The average molecular weight is 319 g/mol. The minimum absolute atomic E-state index is 0.118. The Morgan fingerprint density at radius 1 is 1.64 bits per heavy atom. The van der Waals surface area contributed by atoms with Gasteiger partial charge in [0.05, 0.1) is 17.8 Å². The van der Waals surface area contributed by atoms with E-state index in [1.807, 2.05) is 6.07 Å². The number of nitrogen functional groups attached to an aromatic ring is 1. The molecule has 2 rings (SSSR count). The Kier molecular flexibility index (Phi) is 4.19. The highest BCUT2D eigenvalue weighted by Crippen LogP contribution is 2.29. The summed E-state index contributed by atoms with van der Waals surface area (Å²) in [5.41, 5.74) is 8.62.